The first kappa shape index (κ1) is 22.6. The highest BCUT2D eigenvalue weighted by atomic mass is 16.4. The number of hydrogen-bond acceptors (Lipinski definition) is 7. The minimum Gasteiger partial charge on any atom is -0.481 e. The molecule has 2 heterocycles. The largest absolute Gasteiger partial charge is 0.481 e. The van der Waals surface area contributed by atoms with Gasteiger partial charge in [-0.1, -0.05) is 20.8 Å². The number of nitrogen functional groups attached to an aromatic ring is 1. The van der Waals surface area contributed by atoms with E-state index in [-0.39, 0.29) is 11.5 Å². The molecule has 0 spiro atoms. The Hall–Kier alpha value is -2.42. The second-order valence-electron chi connectivity index (χ2n) is 6.75. The third-order valence-electron chi connectivity index (χ3n) is 3.05. The Morgan fingerprint density at radius 3 is 2.04 bits per heavy atom. The fourth-order valence-electron chi connectivity index (χ4n) is 1.99. The van der Waals surface area contributed by atoms with Gasteiger partial charge in [-0.05, 0) is 6.42 Å². The van der Waals surface area contributed by atoms with Crippen LogP contribution in [0.3, 0.4) is 0 Å². The summed E-state index contributed by atoms with van der Waals surface area (Å²) in [5, 5.41) is 14.8. The molecule has 0 saturated carbocycles. The average molecular weight is 355 g/mol. The van der Waals surface area contributed by atoms with Crippen LogP contribution in [0.15, 0.2) is 6.07 Å². The van der Waals surface area contributed by atoms with E-state index < -0.39 is 11.9 Å². The van der Waals surface area contributed by atoms with E-state index in [9.17, 15) is 0 Å². The molecule has 1 fully saturated rings. The van der Waals surface area contributed by atoms with E-state index >= 15 is 0 Å². The minimum absolute atomic E-state index is 0.0202. The summed E-state index contributed by atoms with van der Waals surface area (Å²) >= 11 is 0. The molecule has 0 radical (unpaired) electrons. The van der Waals surface area contributed by atoms with Gasteiger partial charge in [0.2, 0.25) is 5.95 Å². The highest BCUT2D eigenvalue weighted by molar-refractivity contribution is 5.63. The van der Waals surface area contributed by atoms with Gasteiger partial charge in [0.15, 0.2) is 0 Å². The van der Waals surface area contributed by atoms with Crippen molar-refractivity contribution in [3.05, 3.63) is 11.8 Å². The highest BCUT2D eigenvalue weighted by Gasteiger charge is 2.23. The first-order valence-electron chi connectivity index (χ1n) is 7.87. The van der Waals surface area contributed by atoms with E-state index in [1.54, 1.807) is 0 Å². The number of carboxylic acids is 2. The Labute approximate surface area is 148 Å². The van der Waals surface area contributed by atoms with E-state index in [1.165, 1.54) is 0 Å². The van der Waals surface area contributed by atoms with Crippen molar-refractivity contribution in [3.63, 3.8) is 0 Å². The number of carbonyl (C=O) groups is 2. The summed E-state index contributed by atoms with van der Waals surface area (Å²) < 4.78 is 0. The van der Waals surface area contributed by atoms with Gasteiger partial charge in [-0.2, -0.15) is 4.98 Å². The Balaban J connectivity index is 0.000000609. The lowest BCUT2D eigenvalue weighted by Gasteiger charge is -2.22. The quantitative estimate of drug-likeness (QED) is 0.578. The van der Waals surface area contributed by atoms with Gasteiger partial charge in [-0.3, -0.25) is 9.59 Å². The number of nitrogens with two attached hydrogens (primary N) is 2. The van der Waals surface area contributed by atoms with Crippen LogP contribution in [0.25, 0.3) is 0 Å². The molecule has 9 nitrogen and oxygen atoms in total. The van der Waals surface area contributed by atoms with Crippen molar-refractivity contribution >= 4 is 23.7 Å². The van der Waals surface area contributed by atoms with Gasteiger partial charge in [0.05, 0.1) is 5.69 Å². The zero-order chi connectivity index (χ0) is 19.8. The van der Waals surface area contributed by atoms with Gasteiger partial charge in [-0.25, -0.2) is 4.98 Å². The molecule has 6 N–H and O–H groups in total. The van der Waals surface area contributed by atoms with Crippen LogP contribution in [0.5, 0.6) is 0 Å². The lowest BCUT2D eigenvalue weighted by Crippen LogP contribution is -2.28. The zero-order valence-electron chi connectivity index (χ0n) is 15.5. The molecule has 0 bridgehead atoms. The van der Waals surface area contributed by atoms with Crippen molar-refractivity contribution in [2.75, 3.05) is 23.7 Å². The van der Waals surface area contributed by atoms with E-state index in [2.05, 4.69) is 35.6 Å². The van der Waals surface area contributed by atoms with Gasteiger partial charge >= 0.3 is 0 Å². The molecule has 1 aliphatic rings. The summed E-state index contributed by atoms with van der Waals surface area (Å²) in [4.78, 5) is 28.8. The summed E-state index contributed by atoms with van der Waals surface area (Å²) in [6, 6.07) is 2.26. The molecule has 1 atom stereocenters. The predicted molar refractivity (Wildman–Crippen MR) is 96.6 cm³/mol. The third-order valence-corrected chi connectivity index (χ3v) is 3.05. The van der Waals surface area contributed by atoms with Crippen LogP contribution in [0.4, 0.5) is 11.8 Å². The van der Waals surface area contributed by atoms with Crippen LogP contribution in [0.1, 0.15) is 46.7 Å². The maximum absolute atomic E-state index is 9.00. The van der Waals surface area contributed by atoms with Crippen molar-refractivity contribution < 1.29 is 19.8 Å². The molecule has 1 aliphatic heterocycles. The molecule has 0 aromatic carbocycles. The number of nitrogens with zero attached hydrogens (tertiary/aromatic N) is 3. The van der Waals surface area contributed by atoms with Gasteiger partial charge in [-0.15, -0.1) is 0 Å². The van der Waals surface area contributed by atoms with Gasteiger partial charge in [0, 0.05) is 44.5 Å². The summed E-state index contributed by atoms with van der Waals surface area (Å²) in [5.74, 6) is -0.428. The number of rotatable bonds is 1. The third kappa shape index (κ3) is 10.1. The average Bonchev–Trinajstić information content (AvgIpc) is 2.82. The molecule has 1 aromatic heterocycles. The van der Waals surface area contributed by atoms with Crippen LogP contribution in [0.2, 0.25) is 0 Å². The molecule has 9 heteroatoms. The van der Waals surface area contributed by atoms with Crippen LogP contribution in [0, 0.1) is 0 Å². The van der Waals surface area contributed by atoms with Crippen LogP contribution >= 0.6 is 0 Å². The molecular formula is C16H29N5O4. The number of aliphatic carboxylic acids is 2. The molecule has 2 rings (SSSR count). The maximum atomic E-state index is 9.00. The predicted octanol–water partition coefficient (Wildman–Crippen LogP) is 1.08. The molecule has 0 aliphatic carbocycles. The van der Waals surface area contributed by atoms with Crippen LogP contribution < -0.4 is 16.4 Å². The molecule has 25 heavy (non-hydrogen) atoms. The summed E-state index contributed by atoms with van der Waals surface area (Å²) in [6.45, 7) is 10.3. The molecule has 1 aromatic rings. The standard InChI is InChI=1S/C12H21N5.2C2H4O2/c1-12(2,3)9-6-10(16-11(14)15-9)17-5-4-8(13)7-17;2*1-2(3)4/h6,8H,4-5,7,13H2,1-3H3,(H2,14,15,16);2*1H3,(H,3,4). The van der Waals surface area contributed by atoms with E-state index in [0.717, 1.165) is 44.9 Å². The molecule has 1 saturated heterocycles. The summed E-state index contributed by atoms with van der Waals surface area (Å²) in [5.41, 5.74) is 12.6. The number of anilines is 2. The van der Waals surface area contributed by atoms with Crippen molar-refractivity contribution in [3.8, 4) is 0 Å². The van der Waals surface area contributed by atoms with Gasteiger partial charge in [0.25, 0.3) is 11.9 Å². The van der Waals surface area contributed by atoms with Crippen LogP contribution in [-0.4, -0.2) is 51.3 Å². The molecule has 1 unspecified atom stereocenters. The molecular weight excluding hydrogens is 326 g/mol. The maximum Gasteiger partial charge on any atom is 0.300 e. The van der Waals surface area contributed by atoms with Crippen molar-refractivity contribution in [2.24, 2.45) is 5.73 Å². The van der Waals surface area contributed by atoms with E-state index in [0.29, 0.717) is 5.95 Å². The summed E-state index contributed by atoms with van der Waals surface area (Å²) in [7, 11) is 0. The molecule has 0 amide bonds. The van der Waals surface area contributed by atoms with E-state index in [4.69, 9.17) is 31.3 Å². The fraction of sp³-hybridized carbons (Fsp3) is 0.625. The Morgan fingerprint density at radius 2 is 1.68 bits per heavy atom. The lowest BCUT2D eigenvalue weighted by molar-refractivity contribution is -0.135. The second kappa shape index (κ2) is 9.77. The SMILES string of the molecule is CC(=O)O.CC(=O)O.CC(C)(C)c1cc(N2CCC(N)C2)nc(N)n1. The van der Waals surface area contributed by atoms with Crippen molar-refractivity contribution in [1.29, 1.82) is 0 Å². The monoisotopic (exact) mass is 355 g/mol. The second-order valence-corrected chi connectivity index (χ2v) is 6.75. The summed E-state index contributed by atoms with van der Waals surface area (Å²) in [6.07, 6.45) is 1.01. The number of aromatic nitrogens is 2. The van der Waals surface area contributed by atoms with E-state index in [1.807, 2.05) is 6.07 Å². The smallest absolute Gasteiger partial charge is 0.300 e. The van der Waals surface area contributed by atoms with Gasteiger partial charge in [0.1, 0.15) is 5.82 Å². The Bertz CT molecular complexity index is 566. The first-order valence-corrected chi connectivity index (χ1v) is 7.87. The van der Waals surface area contributed by atoms with Crippen LogP contribution in [-0.2, 0) is 15.0 Å². The topological polar surface area (TPSA) is 156 Å². The zero-order valence-corrected chi connectivity index (χ0v) is 15.5. The minimum atomic E-state index is -0.833. The van der Waals surface area contributed by atoms with Gasteiger partial charge < -0.3 is 26.6 Å². The number of carboxylic acid groups (broad SMARTS) is 2. The normalized spacial score (nSPS) is 16.2. The Kier molecular flexibility index (Phi) is 8.83. The lowest BCUT2D eigenvalue weighted by atomic mass is 9.92. The Morgan fingerprint density at radius 1 is 1.20 bits per heavy atom. The van der Waals surface area contributed by atoms with Crippen molar-refractivity contribution in [1.82, 2.24) is 9.97 Å². The molecule has 142 valence electrons. The first-order chi connectivity index (χ1) is 11.3. The van der Waals surface area contributed by atoms with Crippen molar-refractivity contribution in [2.45, 2.75) is 52.5 Å². The fourth-order valence-corrected chi connectivity index (χ4v) is 1.99. The number of hydrogen-bond donors (Lipinski definition) is 4. The highest BCUT2D eigenvalue weighted by Crippen LogP contribution is 2.25.